The molecule has 6 heteroatoms. The van der Waals surface area contributed by atoms with Gasteiger partial charge < -0.3 is 10.6 Å². The second kappa shape index (κ2) is 6.23. The number of halogens is 3. The number of anilines is 1. The summed E-state index contributed by atoms with van der Waals surface area (Å²) in [4.78, 5) is 4.35. The quantitative estimate of drug-likeness (QED) is 0.931. The van der Waals surface area contributed by atoms with Gasteiger partial charge >= 0.3 is 6.18 Å². The smallest absolute Gasteiger partial charge is 0.369 e. The van der Waals surface area contributed by atoms with Gasteiger partial charge in [0.15, 0.2) is 0 Å². The number of benzene rings is 1. The topological polar surface area (TPSA) is 32.5 Å². The molecule has 0 aromatic heterocycles. The van der Waals surface area contributed by atoms with Gasteiger partial charge in [0, 0.05) is 37.9 Å². The maximum Gasteiger partial charge on any atom is 0.416 e. The molecule has 118 valence electrons. The third kappa shape index (κ3) is 3.49. The van der Waals surface area contributed by atoms with Crippen LogP contribution in [0, 0.1) is 0 Å². The molecule has 1 aromatic carbocycles. The SMILES string of the molecule is CCN1CCN(c2ccc(CN)c(C(F)(F)F)c2)CC1C. The van der Waals surface area contributed by atoms with E-state index in [2.05, 4.69) is 18.7 Å². The minimum atomic E-state index is -4.36. The van der Waals surface area contributed by atoms with Crippen LogP contribution in [0.1, 0.15) is 25.0 Å². The lowest BCUT2D eigenvalue weighted by atomic mass is 10.0. The predicted octanol–water partition coefficient (Wildman–Crippen LogP) is 2.69. The van der Waals surface area contributed by atoms with Gasteiger partial charge in [-0.05, 0) is 31.2 Å². The lowest BCUT2D eigenvalue weighted by molar-refractivity contribution is -0.138. The van der Waals surface area contributed by atoms with Crippen LogP contribution in [0.2, 0.25) is 0 Å². The number of hydrogen-bond acceptors (Lipinski definition) is 3. The summed E-state index contributed by atoms with van der Waals surface area (Å²) in [6.07, 6.45) is -4.36. The van der Waals surface area contributed by atoms with Gasteiger partial charge in [-0.25, -0.2) is 0 Å². The first-order valence-corrected chi connectivity index (χ1v) is 7.26. The predicted molar refractivity (Wildman–Crippen MR) is 78.3 cm³/mol. The van der Waals surface area contributed by atoms with Crippen molar-refractivity contribution in [2.45, 2.75) is 32.6 Å². The molecular formula is C15H22F3N3. The fraction of sp³-hybridized carbons (Fsp3) is 0.600. The molecule has 0 aliphatic carbocycles. The van der Waals surface area contributed by atoms with Crippen LogP contribution >= 0.6 is 0 Å². The van der Waals surface area contributed by atoms with Crippen molar-refractivity contribution in [3.05, 3.63) is 29.3 Å². The normalized spacial score (nSPS) is 20.9. The van der Waals surface area contributed by atoms with Gasteiger partial charge in [-0.3, -0.25) is 4.90 Å². The summed E-state index contributed by atoms with van der Waals surface area (Å²) in [5.41, 5.74) is 5.57. The number of likely N-dealkylation sites (N-methyl/N-ethyl adjacent to an activating group) is 1. The zero-order valence-electron chi connectivity index (χ0n) is 12.5. The van der Waals surface area contributed by atoms with Crippen molar-refractivity contribution >= 4 is 5.69 Å². The van der Waals surface area contributed by atoms with Gasteiger partial charge in [0.2, 0.25) is 0 Å². The molecular weight excluding hydrogens is 279 g/mol. The minimum Gasteiger partial charge on any atom is -0.369 e. The van der Waals surface area contributed by atoms with Gasteiger partial charge in [-0.15, -0.1) is 0 Å². The molecule has 0 amide bonds. The maximum atomic E-state index is 13.1. The second-order valence-electron chi connectivity index (χ2n) is 5.47. The molecule has 1 unspecified atom stereocenters. The fourth-order valence-electron chi connectivity index (χ4n) is 2.90. The zero-order valence-corrected chi connectivity index (χ0v) is 12.5. The highest BCUT2D eigenvalue weighted by molar-refractivity contribution is 5.52. The van der Waals surface area contributed by atoms with Gasteiger partial charge in [-0.2, -0.15) is 13.2 Å². The Kier molecular flexibility index (Phi) is 4.78. The lowest BCUT2D eigenvalue weighted by Crippen LogP contribution is -2.51. The molecule has 1 aromatic rings. The van der Waals surface area contributed by atoms with Crippen LogP contribution in [0.25, 0.3) is 0 Å². The summed E-state index contributed by atoms with van der Waals surface area (Å²) in [5, 5.41) is 0. The van der Waals surface area contributed by atoms with Crippen molar-refractivity contribution < 1.29 is 13.2 Å². The Morgan fingerprint density at radius 2 is 2.00 bits per heavy atom. The van der Waals surface area contributed by atoms with Crippen molar-refractivity contribution in [3.63, 3.8) is 0 Å². The molecule has 0 saturated carbocycles. The van der Waals surface area contributed by atoms with Crippen molar-refractivity contribution in [1.29, 1.82) is 0 Å². The highest BCUT2D eigenvalue weighted by atomic mass is 19.4. The Morgan fingerprint density at radius 1 is 1.29 bits per heavy atom. The Bertz CT molecular complexity index is 488. The first kappa shape index (κ1) is 16.1. The van der Waals surface area contributed by atoms with E-state index in [1.54, 1.807) is 6.07 Å². The number of nitrogens with two attached hydrogens (primary N) is 1. The third-order valence-corrected chi connectivity index (χ3v) is 4.16. The van der Waals surface area contributed by atoms with Crippen molar-refractivity contribution in [3.8, 4) is 0 Å². The Morgan fingerprint density at radius 3 is 2.52 bits per heavy atom. The third-order valence-electron chi connectivity index (χ3n) is 4.16. The van der Waals surface area contributed by atoms with Crippen LogP contribution in [-0.2, 0) is 12.7 Å². The molecule has 2 rings (SSSR count). The first-order chi connectivity index (χ1) is 9.86. The van der Waals surface area contributed by atoms with Crippen LogP contribution in [0.5, 0.6) is 0 Å². The largest absolute Gasteiger partial charge is 0.416 e. The van der Waals surface area contributed by atoms with Crippen molar-refractivity contribution in [1.82, 2.24) is 4.90 Å². The van der Waals surface area contributed by atoms with E-state index < -0.39 is 11.7 Å². The van der Waals surface area contributed by atoms with E-state index in [0.29, 0.717) is 11.7 Å². The zero-order chi connectivity index (χ0) is 15.6. The number of piperazine rings is 1. The second-order valence-corrected chi connectivity index (χ2v) is 5.47. The Hall–Kier alpha value is -1.27. The van der Waals surface area contributed by atoms with E-state index >= 15 is 0 Å². The van der Waals surface area contributed by atoms with E-state index in [9.17, 15) is 13.2 Å². The van der Waals surface area contributed by atoms with Crippen molar-refractivity contribution in [2.24, 2.45) is 5.73 Å². The summed E-state index contributed by atoms with van der Waals surface area (Å²) < 4.78 is 39.3. The van der Waals surface area contributed by atoms with Crippen LogP contribution in [-0.4, -0.2) is 37.1 Å². The van der Waals surface area contributed by atoms with Crippen LogP contribution in [0.3, 0.4) is 0 Å². The number of hydrogen-bond donors (Lipinski definition) is 1. The van der Waals surface area contributed by atoms with E-state index in [1.807, 2.05) is 4.90 Å². The molecule has 1 heterocycles. The van der Waals surface area contributed by atoms with Gasteiger partial charge in [0.05, 0.1) is 5.56 Å². The summed E-state index contributed by atoms with van der Waals surface area (Å²) in [6.45, 7) is 7.44. The molecule has 1 fully saturated rings. The molecule has 0 bridgehead atoms. The average Bonchev–Trinajstić information content (AvgIpc) is 2.45. The van der Waals surface area contributed by atoms with Gasteiger partial charge in [0.1, 0.15) is 0 Å². The van der Waals surface area contributed by atoms with Gasteiger partial charge in [-0.1, -0.05) is 13.0 Å². The number of rotatable bonds is 3. The molecule has 1 saturated heterocycles. The fourth-order valence-corrected chi connectivity index (χ4v) is 2.90. The highest BCUT2D eigenvalue weighted by Gasteiger charge is 2.34. The Labute approximate surface area is 123 Å². The van der Waals surface area contributed by atoms with E-state index in [-0.39, 0.29) is 12.1 Å². The van der Waals surface area contributed by atoms with Crippen LogP contribution < -0.4 is 10.6 Å². The summed E-state index contributed by atoms with van der Waals surface area (Å²) >= 11 is 0. The minimum absolute atomic E-state index is 0.102. The summed E-state index contributed by atoms with van der Waals surface area (Å²) in [7, 11) is 0. The molecule has 1 aliphatic heterocycles. The first-order valence-electron chi connectivity index (χ1n) is 7.26. The van der Waals surface area contributed by atoms with E-state index in [1.165, 1.54) is 12.1 Å². The average molecular weight is 301 g/mol. The number of nitrogens with zero attached hydrogens (tertiary/aromatic N) is 2. The summed E-state index contributed by atoms with van der Waals surface area (Å²) in [5.74, 6) is 0. The maximum absolute atomic E-state index is 13.1. The van der Waals surface area contributed by atoms with Gasteiger partial charge in [0.25, 0.3) is 0 Å². The molecule has 0 radical (unpaired) electrons. The highest BCUT2D eigenvalue weighted by Crippen LogP contribution is 2.35. The van der Waals surface area contributed by atoms with Crippen molar-refractivity contribution in [2.75, 3.05) is 31.1 Å². The standard InChI is InChI=1S/C15H22F3N3/c1-3-20-6-7-21(10-11(20)2)13-5-4-12(9-19)14(8-13)15(16,17)18/h4-5,8,11H,3,6-7,9-10,19H2,1-2H3. The molecule has 3 nitrogen and oxygen atoms in total. The lowest BCUT2D eigenvalue weighted by Gasteiger charge is -2.40. The molecule has 2 N–H and O–H groups in total. The van der Waals surface area contributed by atoms with Crippen LogP contribution in [0.15, 0.2) is 18.2 Å². The Balaban J connectivity index is 2.25. The molecule has 1 atom stereocenters. The summed E-state index contributed by atoms with van der Waals surface area (Å²) in [6, 6.07) is 4.81. The molecule has 1 aliphatic rings. The van der Waals surface area contributed by atoms with Crippen LogP contribution in [0.4, 0.5) is 18.9 Å². The van der Waals surface area contributed by atoms with E-state index in [4.69, 9.17) is 5.73 Å². The molecule has 0 spiro atoms. The number of alkyl halides is 3. The monoisotopic (exact) mass is 301 g/mol. The van der Waals surface area contributed by atoms with E-state index in [0.717, 1.165) is 26.2 Å². The molecule has 21 heavy (non-hydrogen) atoms.